The lowest BCUT2D eigenvalue weighted by atomic mass is 9.98. The number of amides is 4. The zero-order chi connectivity index (χ0) is 31.4. The fourth-order valence-electron chi connectivity index (χ4n) is 4.67. The molecule has 0 aromatic carbocycles. The molecule has 1 saturated heterocycles. The second kappa shape index (κ2) is 16.7. The molecule has 4 amide bonds. The summed E-state index contributed by atoms with van der Waals surface area (Å²) in [5, 5.41) is 17.5. The monoisotopic (exact) mass is 582 g/mol. The number of carbonyl (C=O) groups excluding carboxylic acids is 4. The first-order valence-electron chi connectivity index (χ1n) is 14.3. The molecular formula is C27H50N8O6. The number of carboxylic acid groups (broad SMARTS) is 1. The Bertz CT molecular complexity index is 950. The van der Waals surface area contributed by atoms with Crippen LogP contribution in [-0.4, -0.2) is 88.9 Å². The minimum absolute atomic E-state index is 0.0298. The van der Waals surface area contributed by atoms with Gasteiger partial charge in [-0.2, -0.15) is 0 Å². The molecule has 1 aliphatic rings. The highest BCUT2D eigenvalue weighted by Gasteiger charge is 2.40. The van der Waals surface area contributed by atoms with Crippen LogP contribution in [0.1, 0.15) is 73.6 Å². The van der Waals surface area contributed by atoms with Crippen molar-refractivity contribution >= 4 is 35.6 Å². The first-order valence-corrected chi connectivity index (χ1v) is 14.3. The largest absolute Gasteiger partial charge is 0.480 e. The van der Waals surface area contributed by atoms with Crippen LogP contribution in [0.2, 0.25) is 0 Å². The van der Waals surface area contributed by atoms with Gasteiger partial charge in [0.2, 0.25) is 23.6 Å². The van der Waals surface area contributed by atoms with E-state index in [4.69, 9.17) is 17.2 Å². The minimum atomic E-state index is -1.15. The van der Waals surface area contributed by atoms with Gasteiger partial charge in [-0.15, -0.1) is 0 Å². The molecular weight excluding hydrogens is 532 g/mol. The number of likely N-dealkylation sites (tertiary alicyclic amines) is 1. The smallest absolute Gasteiger partial charge is 0.326 e. The van der Waals surface area contributed by atoms with Gasteiger partial charge in [-0.25, -0.2) is 4.79 Å². The van der Waals surface area contributed by atoms with Crippen LogP contribution in [0.3, 0.4) is 0 Å². The molecule has 1 aliphatic heterocycles. The molecule has 0 aromatic rings. The van der Waals surface area contributed by atoms with E-state index in [1.165, 1.54) is 4.90 Å². The molecule has 10 N–H and O–H groups in total. The van der Waals surface area contributed by atoms with E-state index in [0.29, 0.717) is 45.2 Å². The number of aliphatic imine (C=N–C) groups is 1. The molecule has 0 saturated carbocycles. The zero-order valence-electron chi connectivity index (χ0n) is 25.2. The first-order chi connectivity index (χ1) is 19.1. The third kappa shape index (κ3) is 11.5. The summed E-state index contributed by atoms with van der Waals surface area (Å²) in [6, 6.07) is -4.70. The summed E-state index contributed by atoms with van der Waals surface area (Å²) in [6.45, 7) is 11.3. The van der Waals surface area contributed by atoms with Crippen LogP contribution in [0, 0.1) is 17.8 Å². The van der Waals surface area contributed by atoms with Crippen molar-refractivity contribution < 1.29 is 29.1 Å². The SMILES string of the molecule is CC(C)CC(NC(=O)C(NC(=O)C(N)CCCN=C(N)N)C(C)C)C(=O)N1CCCC1C(=O)NC(C(=O)O)C(C)C. The number of nitrogens with two attached hydrogens (primary N) is 3. The van der Waals surface area contributed by atoms with E-state index >= 15 is 0 Å². The van der Waals surface area contributed by atoms with Crippen LogP contribution in [0.25, 0.3) is 0 Å². The molecule has 1 rings (SSSR count). The molecule has 0 bridgehead atoms. The van der Waals surface area contributed by atoms with Gasteiger partial charge in [0.05, 0.1) is 6.04 Å². The Kier molecular flexibility index (Phi) is 14.5. The van der Waals surface area contributed by atoms with Gasteiger partial charge in [0.25, 0.3) is 0 Å². The van der Waals surface area contributed by atoms with Crippen molar-refractivity contribution in [1.29, 1.82) is 0 Å². The zero-order valence-corrected chi connectivity index (χ0v) is 25.2. The second-order valence-electron chi connectivity index (χ2n) is 11.7. The number of carbonyl (C=O) groups is 5. The molecule has 0 radical (unpaired) electrons. The summed E-state index contributed by atoms with van der Waals surface area (Å²) in [7, 11) is 0. The predicted octanol–water partition coefficient (Wildman–Crippen LogP) is -0.745. The van der Waals surface area contributed by atoms with Gasteiger partial charge in [-0.05, 0) is 49.9 Å². The Morgan fingerprint density at radius 3 is 2.05 bits per heavy atom. The van der Waals surface area contributed by atoms with Crippen LogP contribution >= 0.6 is 0 Å². The van der Waals surface area contributed by atoms with Crippen molar-refractivity contribution in [1.82, 2.24) is 20.9 Å². The number of hydrogen-bond donors (Lipinski definition) is 7. The highest BCUT2D eigenvalue weighted by atomic mass is 16.4. The lowest BCUT2D eigenvalue weighted by molar-refractivity contribution is -0.146. The van der Waals surface area contributed by atoms with Crippen molar-refractivity contribution in [3.8, 4) is 0 Å². The molecule has 14 nitrogen and oxygen atoms in total. The molecule has 234 valence electrons. The second-order valence-corrected chi connectivity index (χ2v) is 11.7. The van der Waals surface area contributed by atoms with Crippen LogP contribution < -0.4 is 33.2 Å². The average Bonchev–Trinajstić information content (AvgIpc) is 3.36. The van der Waals surface area contributed by atoms with Crippen LogP contribution in [0.5, 0.6) is 0 Å². The fourth-order valence-corrected chi connectivity index (χ4v) is 4.67. The summed E-state index contributed by atoms with van der Waals surface area (Å²) in [5.41, 5.74) is 16.6. The molecule has 41 heavy (non-hydrogen) atoms. The van der Waals surface area contributed by atoms with E-state index in [9.17, 15) is 29.1 Å². The Hall–Kier alpha value is -3.42. The fraction of sp³-hybridized carbons (Fsp3) is 0.778. The normalized spacial score (nSPS) is 18.0. The first kappa shape index (κ1) is 35.6. The molecule has 5 unspecified atom stereocenters. The van der Waals surface area contributed by atoms with E-state index in [1.807, 2.05) is 13.8 Å². The lowest BCUT2D eigenvalue weighted by Crippen LogP contribution is -2.59. The Morgan fingerprint density at radius 2 is 1.54 bits per heavy atom. The van der Waals surface area contributed by atoms with Crippen molar-refractivity contribution in [2.24, 2.45) is 39.9 Å². The van der Waals surface area contributed by atoms with Crippen LogP contribution in [-0.2, 0) is 24.0 Å². The van der Waals surface area contributed by atoms with Crippen molar-refractivity contribution in [2.45, 2.75) is 104 Å². The summed E-state index contributed by atoms with van der Waals surface area (Å²) in [6.07, 6.45) is 2.04. The van der Waals surface area contributed by atoms with Crippen molar-refractivity contribution in [3.05, 3.63) is 0 Å². The molecule has 0 aliphatic carbocycles. The van der Waals surface area contributed by atoms with Gasteiger partial charge in [-0.1, -0.05) is 41.5 Å². The maximum atomic E-state index is 13.7. The quantitative estimate of drug-likeness (QED) is 0.0688. The van der Waals surface area contributed by atoms with Crippen LogP contribution in [0.4, 0.5) is 0 Å². The minimum Gasteiger partial charge on any atom is -0.480 e. The average molecular weight is 583 g/mol. The molecule has 5 atom stereocenters. The van der Waals surface area contributed by atoms with E-state index in [2.05, 4.69) is 20.9 Å². The van der Waals surface area contributed by atoms with Gasteiger partial charge in [0.15, 0.2) is 5.96 Å². The van der Waals surface area contributed by atoms with Crippen molar-refractivity contribution in [2.75, 3.05) is 13.1 Å². The van der Waals surface area contributed by atoms with Crippen LogP contribution in [0.15, 0.2) is 4.99 Å². The summed E-state index contributed by atoms with van der Waals surface area (Å²) in [4.78, 5) is 69.7. The summed E-state index contributed by atoms with van der Waals surface area (Å²) < 4.78 is 0. The number of aliphatic carboxylic acids is 1. The summed E-state index contributed by atoms with van der Waals surface area (Å²) >= 11 is 0. The predicted molar refractivity (Wildman–Crippen MR) is 155 cm³/mol. The van der Waals surface area contributed by atoms with Gasteiger partial charge in [0.1, 0.15) is 24.2 Å². The van der Waals surface area contributed by atoms with E-state index in [1.54, 1.807) is 27.7 Å². The van der Waals surface area contributed by atoms with Gasteiger partial charge in [0, 0.05) is 13.1 Å². The molecule has 1 heterocycles. The number of guanidine groups is 1. The number of hydrogen-bond acceptors (Lipinski definition) is 7. The van der Waals surface area contributed by atoms with E-state index < -0.39 is 59.8 Å². The maximum Gasteiger partial charge on any atom is 0.326 e. The Morgan fingerprint density at radius 1 is 0.927 bits per heavy atom. The lowest BCUT2D eigenvalue weighted by Gasteiger charge is -2.32. The standard InChI is InChI=1S/C27H50N8O6/c1-14(2)13-18(25(39)35-12-8-10-19(35)23(37)34-21(16(5)6)26(40)41)32-24(38)20(15(3)4)33-22(36)17(28)9-7-11-31-27(29)30/h14-21H,7-13,28H2,1-6H3,(H,32,38)(H,33,36)(H,34,37)(H,40,41)(H4,29,30,31). The molecule has 0 spiro atoms. The van der Waals surface area contributed by atoms with E-state index in [-0.39, 0.29) is 23.7 Å². The maximum absolute atomic E-state index is 13.7. The number of carboxylic acids is 1. The molecule has 1 fully saturated rings. The van der Waals surface area contributed by atoms with Gasteiger partial charge in [-0.3, -0.25) is 24.2 Å². The third-order valence-electron chi connectivity index (χ3n) is 6.94. The number of rotatable bonds is 16. The Balaban J connectivity index is 3.00. The van der Waals surface area contributed by atoms with Gasteiger partial charge >= 0.3 is 5.97 Å². The molecule has 14 heteroatoms. The third-order valence-corrected chi connectivity index (χ3v) is 6.94. The highest BCUT2D eigenvalue weighted by Crippen LogP contribution is 2.21. The topological polar surface area (TPSA) is 235 Å². The molecule has 0 aromatic heterocycles. The Labute approximate surface area is 242 Å². The number of nitrogens with zero attached hydrogens (tertiary/aromatic N) is 2. The highest BCUT2D eigenvalue weighted by molar-refractivity contribution is 5.95. The van der Waals surface area contributed by atoms with Gasteiger partial charge < -0.3 is 43.2 Å². The summed E-state index contributed by atoms with van der Waals surface area (Å²) in [5.74, 6) is -3.83. The van der Waals surface area contributed by atoms with E-state index in [0.717, 1.165) is 0 Å². The van der Waals surface area contributed by atoms with Crippen molar-refractivity contribution in [3.63, 3.8) is 0 Å². The number of nitrogens with one attached hydrogen (secondary N) is 3.